The Morgan fingerprint density at radius 2 is 1.85 bits per heavy atom. The minimum absolute atomic E-state index is 0.0848. The van der Waals surface area contributed by atoms with Crippen LogP contribution in [0.15, 0.2) is 29.2 Å². The molecular weight excluding hydrogens is 346 g/mol. The molecular formula is C20H23N3O2S. The third kappa shape index (κ3) is 4.30. The number of hydrogen-bond acceptors (Lipinski definition) is 5. The quantitative estimate of drug-likeness (QED) is 0.826. The van der Waals surface area contributed by atoms with Gasteiger partial charge in [0.25, 0.3) is 0 Å². The number of amides is 1. The van der Waals surface area contributed by atoms with Crippen molar-refractivity contribution in [1.29, 1.82) is 0 Å². The van der Waals surface area contributed by atoms with Crippen LogP contribution in [0.3, 0.4) is 0 Å². The SMILES string of the molecule is Cc1ccc(SCC(=O)Nc2nc(C)c3c(n2)CC(C)(C)CC3=O)cc1. The second-order valence-electron chi connectivity index (χ2n) is 7.55. The van der Waals surface area contributed by atoms with E-state index in [9.17, 15) is 9.59 Å². The largest absolute Gasteiger partial charge is 0.294 e. The maximum Gasteiger partial charge on any atom is 0.237 e. The molecule has 0 aliphatic heterocycles. The zero-order valence-corrected chi connectivity index (χ0v) is 16.4. The number of aromatic nitrogens is 2. The molecule has 0 unspecified atom stereocenters. The van der Waals surface area contributed by atoms with Crippen LogP contribution in [0.5, 0.6) is 0 Å². The van der Waals surface area contributed by atoms with Gasteiger partial charge in [-0.3, -0.25) is 14.9 Å². The Kier molecular flexibility index (Phi) is 5.14. The first kappa shape index (κ1) is 18.6. The molecule has 1 aliphatic carbocycles. The van der Waals surface area contributed by atoms with Crippen molar-refractivity contribution in [3.63, 3.8) is 0 Å². The maximum atomic E-state index is 12.4. The minimum Gasteiger partial charge on any atom is -0.294 e. The zero-order chi connectivity index (χ0) is 18.9. The molecule has 0 saturated heterocycles. The second-order valence-corrected chi connectivity index (χ2v) is 8.59. The molecule has 0 bridgehead atoms. The van der Waals surface area contributed by atoms with Gasteiger partial charge in [-0.25, -0.2) is 9.97 Å². The highest BCUT2D eigenvalue weighted by molar-refractivity contribution is 8.00. The van der Waals surface area contributed by atoms with Crippen LogP contribution < -0.4 is 5.32 Å². The predicted octanol–water partition coefficient (Wildman–Crippen LogP) is 3.98. The standard InChI is InChI=1S/C20H23N3O2S/c1-12-5-7-14(8-6-12)26-11-17(25)23-19-21-13(2)18-15(22-19)9-20(3,4)10-16(18)24/h5-8H,9-11H2,1-4H3,(H,21,22,23,25). The van der Waals surface area contributed by atoms with E-state index in [1.807, 2.05) is 31.2 Å². The van der Waals surface area contributed by atoms with Gasteiger partial charge in [0.05, 0.1) is 22.7 Å². The lowest BCUT2D eigenvalue weighted by atomic mass is 9.75. The fourth-order valence-corrected chi connectivity index (χ4v) is 3.86. The predicted molar refractivity (Wildman–Crippen MR) is 104 cm³/mol. The number of anilines is 1. The topological polar surface area (TPSA) is 72.0 Å². The van der Waals surface area contributed by atoms with Crippen molar-refractivity contribution in [2.75, 3.05) is 11.1 Å². The van der Waals surface area contributed by atoms with Gasteiger partial charge in [-0.2, -0.15) is 0 Å². The lowest BCUT2D eigenvalue weighted by molar-refractivity contribution is -0.113. The fraction of sp³-hybridized carbons (Fsp3) is 0.400. The average molecular weight is 369 g/mol. The summed E-state index contributed by atoms with van der Waals surface area (Å²) in [5.41, 5.74) is 3.07. The van der Waals surface area contributed by atoms with Gasteiger partial charge in [-0.1, -0.05) is 31.5 Å². The third-order valence-corrected chi connectivity index (χ3v) is 5.38. The van der Waals surface area contributed by atoms with E-state index in [0.717, 1.165) is 10.6 Å². The van der Waals surface area contributed by atoms with Crippen LogP contribution in [0.2, 0.25) is 0 Å². The Morgan fingerprint density at radius 3 is 2.54 bits per heavy atom. The molecule has 2 aromatic rings. The van der Waals surface area contributed by atoms with Crippen LogP contribution in [0, 0.1) is 19.3 Å². The van der Waals surface area contributed by atoms with E-state index in [2.05, 4.69) is 29.1 Å². The number of Topliss-reactive ketones (excluding diaryl/α,β-unsaturated/α-hetero) is 1. The summed E-state index contributed by atoms with van der Waals surface area (Å²) in [5.74, 6) is 0.492. The highest BCUT2D eigenvalue weighted by Crippen LogP contribution is 2.35. The van der Waals surface area contributed by atoms with Crippen molar-refractivity contribution < 1.29 is 9.59 Å². The molecule has 1 amide bonds. The third-order valence-electron chi connectivity index (χ3n) is 4.37. The molecule has 0 radical (unpaired) electrons. The Morgan fingerprint density at radius 1 is 1.15 bits per heavy atom. The zero-order valence-electron chi connectivity index (χ0n) is 15.5. The molecule has 1 aromatic carbocycles. The van der Waals surface area contributed by atoms with E-state index in [4.69, 9.17) is 0 Å². The van der Waals surface area contributed by atoms with E-state index >= 15 is 0 Å². The summed E-state index contributed by atoms with van der Waals surface area (Å²) >= 11 is 1.47. The van der Waals surface area contributed by atoms with E-state index in [1.165, 1.54) is 17.3 Å². The molecule has 0 fully saturated rings. The van der Waals surface area contributed by atoms with Crippen molar-refractivity contribution in [3.05, 3.63) is 46.8 Å². The van der Waals surface area contributed by atoms with Crippen LogP contribution in [-0.2, 0) is 11.2 Å². The molecule has 1 aromatic heterocycles. The van der Waals surface area contributed by atoms with Crippen LogP contribution >= 0.6 is 11.8 Å². The average Bonchev–Trinajstić information content (AvgIpc) is 2.52. The number of nitrogens with one attached hydrogen (secondary N) is 1. The smallest absolute Gasteiger partial charge is 0.237 e. The summed E-state index contributed by atoms with van der Waals surface area (Å²) in [6, 6.07) is 8.05. The van der Waals surface area contributed by atoms with Gasteiger partial charge < -0.3 is 0 Å². The van der Waals surface area contributed by atoms with Crippen molar-refractivity contribution in [3.8, 4) is 0 Å². The van der Waals surface area contributed by atoms with Gasteiger partial charge in [0, 0.05) is 11.3 Å². The van der Waals surface area contributed by atoms with Gasteiger partial charge in [-0.05, 0) is 37.8 Å². The molecule has 0 saturated carbocycles. The van der Waals surface area contributed by atoms with Crippen molar-refractivity contribution in [2.45, 2.75) is 45.4 Å². The molecule has 5 nitrogen and oxygen atoms in total. The highest BCUT2D eigenvalue weighted by atomic mass is 32.2. The number of carbonyl (C=O) groups excluding carboxylic acids is 2. The number of benzene rings is 1. The summed E-state index contributed by atoms with van der Waals surface area (Å²) in [6.45, 7) is 7.94. The highest BCUT2D eigenvalue weighted by Gasteiger charge is 2.33. The molecule has 1 aliphatic rings. The number of aryl methyl sites for hydroxylation is 2. The number of fused-ring (bicyclic) bond motifs is 1. The van der Waals surface area contributed by atoms with Gasteiger partial charge >= 0.3 is 0 Å². The summed E-state index contributed by atoms with van der Waals surface area (Å²) in [4.78, 5) is 34.4. The second kappa shape index (κ2) is 7.19. The van der Waals surface area contributed by atoms with E-state index in [0.29, 0.717) is 24.1 Å². The van der Waals surface area contributed by atoms with E-state index < -0.39 is 0 Å². The number of carbonyl (C=O) groups is 2. The molecule has 136 valence electrons. The molecule has 26 heavy (non-hydrogen) atoms. The van der Waals surface area contributed by atoms with Crippen LogP contribution in [0.1, 0.15) is 47.6 Å². The first-order valence-electron chi connectivity index (χ1n) is 8.63. The Labute approximate surface area is 158 Å². The van der Waals surface area contributed by atoms with Crippen molar-refractivity contribution in [2.24, 2.45) is 5.41 Å². The number of thioether (sulfide) groups is 1. The van der Waals surface area contributed by atoms with E-state index in [1.54, 1.807) is 6.92 Å². The Hall–Kier alpha value is -2.21. The van der Waals surface area contributed by atoms with Gasteiger partial charge in [0.1, 0.15) is 0 Å². The van der Waals surface area contributed by atoms with Crippen LogP contribution in [0.25, 0.3) is 0 Å². The number of hydrogen-bond donors (Lipinski definition) is 1. The van der Waals surface area contributed by atoms with Gasteiger partial charge in [0.15, 0.2) is 5.78 Å². The number of rotatable bonds is 4. The number of nitrogens with zero attached hydrogens (tertiary/aromatic N) is 2. The fourth-order valence-electron chi connectivity index (χ4n) is 3.16. The van der Waals surface area contributed by atoms with Crippen LogP contribution in [-0.4, -0.2) is 27.4 Å². The summed E-state index contributed by atoms with van der Waals surface area (Å²) in [5, 5.41) is 2.76. The summed E-state index contributed by atoms with van der Waals surface area (Å²) < 4.78 is 0. The molecule has 1 heterocycles. The Balaban J connectivity index is 1.70. The number of ketones is 1. The Bertz CT molecular complexity index is 860. The normalized spacial score (nSPS) is 15.5. The molecule has 1 N–H and O–H groups in total. The maximum absolute atomic E-state index is 12.4. The first-order valence-corrected chi connectivity index (χ1v) is 9.62. The molecule has 6 heteroatoms. The van der Waals surface area contributed by atoms with Gasteiger partial charge in [0.2, 0.25) is 11.9 Å². The molecule has 0 spiro atoms. The van der Waals surface area contributed by atoms with Crippen molar-refractivity contribution >= 4 is 29.4 Å². The van der Waals surface area contributed by atoms with Gasteiger partial charge in [-0.15, -0.1) is 11.8 Å². The molecule has 0 atom stereocenters. The van der Waals surface area contributed by atoms with Crippen molar-refractivity contribution in [1.82, 2.24) is 9.97 Å². The van der Waals surface area contributed by atoms with Crippen LogP contribution in [0.4, 0.5) is 5.95 Å². The molecule has 3 rings (SSSR count). The summed E-state index contributed by atoms with van der Waals surface area (Å²) in [7, 11) is 0. The lowest BCUT2D eigenvalue weighted by Gasteiger charge is -2.30. The minimum atomic E-state index is -0.156. The first-order chi connectivity index (χ1) is 12.2. The monoisotopic (exact) mass is 369 g/mol. The lowest BCUT2D eigenvalue weighted by Crippen LogP contribution is -2.30. The summed E-state index contributed by atoms with van der Waals surface area (Å²) in [6.07, 6.45) is 1.21. The van der Waals surface area contributed by atoms with E-state index in [-0.39, 0.29) is 28.8 Å².